The van der Waals surface area contributed by atoms with E-state index in [4.69, 9.17) is 9.15 Å². The van der Waals surface area contributed by atoms with Crippen molar-refractivity contribution in [2.45, 2.75) is 38.8 Å². The molecule has 2 amide bonds. The molecule has 2 heterocycles. The molecule has 1 unspecified atom stereocenters. The van der Waals surface area contributed by atoms with Crippen molar-refractivity contribution in [1.29, 1.82) is 0 Å². The van der Waals surface area contributed by atoms with Crippen LogP contribution in [-0.4, -0.2) is 58.9 Å². The highest BCUT2D eigenvalue weighted by Gasteiger charge is 2.25. The van der Waals surface area contributed by atoms with Gasteiger partial charge in [0.25, 0.3) is 5.69 Å². The van der Waals surface area contributed by atoms with Gasteiger partial charge in [0, 0.05) is 37.9 Å². The minimum absolute atomic E-state index is 0.0127. The van der Waals surface area contributed by atoms with E-state index in [0.717, 1.165) is 12.8 Å². The van der Waals surface area contributed by atoms with Gasteiger partial charge in [0.1, 0.15) is 12.3 Å². The molecule has 3 rings (SSSR count). The van der Waals surface area contributed by atoms with Crippen LogP contribution in [0.25, 0.3) is 6.08 Å². The number of rotatable bonds is 11. The van der Waals surface area contributed by atoms with Crippen LogP contribution >= 0.6 is 0 Å². The lowest BCUT2D eigenvalue weighted by Gasteiger charge is -2.28. The van der Waals surface area contributed by atoms with E-state index in [1.54, 1.807) is 35.4 Å². The second kappa shape index (κ2) is 12.0. The average Bonchev–Trinajstić information content (AvgIpc) is 3.51. The maximum absolute atomic E-state index is 13.2. The number of hydrogen-bond donors (Lipinski definition) is 0. The van der Waals surface area contributed by atoms with Crippen LogP contribution in [-0.2, 0) is 20.9 Å². The fourth-order valence-corrected chi connectivity index (χ4v) is 3.66. The third-order valence-corrected chi connectivity index (χ3v) is 5.38. The summed E-state index contributed by atoms with van der Waals surface area (Å²) in [6.07, 6.45) is 7.11. The standard InChI is InChI=1S/C24H29N3O6/c1-2-13-25(23(28)12-9-19-7-10-20(11-8-19)27(30)31)18-24(29)26(16-21-5-3-14-32-21)17-22-6-4-15-33-22/h3,5,7-12,14,22H,2,4,6,13,15-18H2,1H3/b12-9+. The van der Waals surface area contributed by atoms with Crippen LogP contribution in [0.2, 0.25) is 0 Å². The maximum Gasteiger partial charge on any atom is 0.269 e. The topological polar surface area (TPSA) is 106 Å². The van der Waals surface area contributed by atoms with Crippen molar-refractivity contribution in [3.05, 3.63) is 70.2 Å². The van der Waals surface area contributed by atoms with Gasteiger partial charge in [-0.3, -0.25) is 19.7 Å². The normalized spacial score (nSPS) is 15.6. The van der Waals surface area contributed by atoms with Crippen LogP contribution in [0.1, 0.15) is 37.5 Å². The first-order valence-electron chi connectivity index (χ1n) is 11.1. The maximum atomic E-state index is 13.2. The summed E-state index contributed by atoms with van der Waals surface area (Å²) >= 11 is 0. The van der Waals surface area contributed by atoms with Crippen LogP contribution in [0.4, 0.5) is 5.69 Å². The van der Waals surface area contributed by atoms with Gasteiger partial charge in [-0.25, -0.2) is 0 Å². The third-order valence-electron chi connectivity index (χ3n) is 5.38. The van der Waals surface area contributed by atoms with Crippen molar-refractivity contribution in [3.8, 4) is 0 Å². The summed E-state index contributed by atoms with van der Waals surface area (Å²) in [5.74, 6) is 0.207. The molecule has 0 bridgehead atoms. The summed E-state index contributed by atoms with van der Waals surface area (Å²) in [7, 11) is 0. The van der Waals surface area contributed by atoms with Crippen LogP contribution in [0.5, 0.6) is 0 Å². The Bertz CT molecular complexity index is 949. The lowest BCUT2D eigenvalue weighted by molar-refractivity contribution is -0.384. The Kier molecular flexibility index (Phi) is 8.77. The van der Waals surface area contributed by atoms with Crippen molar-refractivity contribution >= 4 is 23.6 Å². The number of nitro groups is 1. The lowest BCUT2D eigenvalue weighted by atomic mass is 10.2. The Hall–Kier alpha value is -3.46. The molecule has 1 aromatic carbocycles. The molecule has 1 aliphatic rings. The Morgan fingerprint density at radius 1 is 1.21 bits per heavy atom. The minimum atomic E-state index is -0.474. The molecule has 0 spiro atoms. The molecule has 2 aromatic rings. The first kappa shape index (κ1) is 24.2. The fraction of sp³-hybridized carbons (Fsp3) is 0.417. The molecule has 1 aromatic heterocycles. The molecule has 0 N–H and O–H groups in total. The highest BCUT2D eigenvalue weighted by Crippen LogP contribution is 2.16. The molecule has 9 nitrogen and oxygen atoms in total. The summed E-state index contributed by atoms with van der Waals surface area (Å²) in [5.41, 5.74) is 0.647. The molecule has 1 fully saturated rings. The van der Waals surface area contributed by atoms with E-state index in [9.17, 15) is 19.7 Å². The monoisotopic (exact) mass is 455 g/mol. The van der Waals surface area contributed by atoms with Crippen LogP contribution in [0.15, 0.2) is 53.2 Å². The number of benzene rings is 1. The zero-order valence-corrected chi connectivity index (χ0v) is 18.7. The predicted molar refractivity (Wildman–Crippen MR) is 122 cm³/mol. The van der Waals surface area contributed by atoms with Crippen molar-refractivity contribution in [1.82, 2.24) is 9.80 Å². The second-order valence-electron chi connectivity index (χ2n) is 7.93. The van der Waals surface area contributed by atoms with E-state index in [1.165, 1.54) is 23.1 Å². The number of ether oxygens (including phenoxy) is 1. The van der Waals surface area contributed by atoms with E-state index in [-0.39, 0.29) is 30.2 Å². The molecule has 176 valence electrons. The van der Waals surface area contributed by atoms with Gasteiger partial charge in [-0.2, -0.15) is 0 Å². The van der Waals surface area contributed by atoms with Gasteiger partial charge >= 0.3 is 0 Å². The van der Waals surface area contributed by atoms with E-state index < -0.39 is 4.92 Å². The SMILES string of the molecule is CCCN(CC(=O)N(Cc1ccco1)CC1CCCO1)C(=O)/C=C/c1ccc([N+](=O)[O-])cc1. The summed E-state index contributed by atoms with van der Waals surface area (Å²) in [6, 6.07) is 9.51. The zero-order valence-electron chi connectivity index (χ0n) is 18.7. The highest BCUT2D eigenvalue weighted by atomic mass is 16.6. The van der Waals surface area contributed by atoms with Gasteiger partial charge < -0.3 is 19.0 Å². The summed E-state index contributed by atoms with van der Waals surface area (Å²) in [5, 5.41) is 10.8. The van der Waals surface area contributed by atoms with Crippen molar-refractivity contribution in [2.75, 3.05) is 26.2 Å². The van der Waals surface area contributed by atoms with Crippen molar-refractivity contribution in [2.24, 2.45) is 0 Å². The molecule has 0 aliphatic carbocycles. The van der Waals surface area contributed by atoms with Gasteiger partial charge in [0.2, 0.25) is 11.8 Å². The smallest absolute Gasteiger partial charge is 0.269 e. The molecular formula is C24H29N3O6. The quantitative estimate of drug-likeness (QED) is 0.291. The number of non-ortho nitro benzene ring substituents is 1. The van der Waals surface area contributed by atoms with Crippen LogP contribution in [0.3, 0.4) is 0 Å². The first-order chi connectivity index (χ1) is 16.0. The van der Waals surface area contributed by atoms with E-state index >= 15 is 0 Å². The van der Waals surface area contributed by atoms with E-state index in [1.807, 2.05) is 13.0 Å². The molecule has 9 heteroatoms. The van der Waals surface area contributed by atoms with Crippen LogP contribution in [0, 0.1) is 10.1 Å². The Morgan fingerprint density at radius 3 is 2.61 bits per heavy atom. The second-order valence-corrected chi connectivity index (χ2v) is 7.93. The molecule has 1 atom stereocenters. The molecular weight excluding hydrogens is 426 g/mol. The summed E-state index contributed by atoms with van der Waals surface area (Å²) in [6.45, 7) is 3.79. The Labute approximate surface area is 192 Å². The number of carbonyl (C=O) groups is 2. The number of amides is 2. The minimum Gasteiger partial charge on any atom is -0.467 e. The van der Waals surface area contributed by atoms with Crippen LogP contribution < -0.4 is 0 Å². The summed E-state index contributed by atoms with van der Waals surface area (Å²) in [4.78, 5) is 39.5. The number of hydrogen-bond acceptors (Lipinski definition) is 6. The average molecular weight is 456 g/mol. The van der Waals surface area contributed by atoms with Gasteiger partial charge in [-0.05, 0) is 55.2 Å². The molecule has 1 aliphatic heterocycles. The molecule has 33 heavy (non-hydrogen) atoms. The molecule has 0 radical (unpaired) electrons. The molecule has 0 saturated carbocycles. The van der Waals surface area contributed by atoms with Crippen molar-refractivity contribution < 1.29 is 23.7 Å². The number of nitro benzene ring substituents is 1. The largest absolute Gasteiger partial charge is 0.467 e. The number of nitrogens with zero attached hydrogens (tertiary/aromatic N) is 3. The first-order valence-corrected chi connectivity index (χ1v) is 11.1. The van der Waals surface area contributed by atoms with Gasteiger partial charge in [0.15, 0.2) is 0 Å². The van der Waals surface area contributed by atoms with Gasteiger partial charge in [-0.1, -0.05) is 6.92 Å². The van der Waals surface area contributed by atoms with Gasteiger partial charge in [0.05, 0.1) is 23.8 Å². The highest BCUT2D eigenvalue weighted by molar-refractivity contribution is 5.94. The van der Waals surface area contributed by atoms with Gasteiger partial charge in [-0.15, -0.1) is 0 Å². The van der Waals surface area contributed by atoms with E-state index in [2.05, 4.69) is 0 Å². The summed E-state index contributed by atoms with van der Waals surface area (Å²) < 4.78 is 11.1. The number of furan rings is 1. The third kappa shape index (κ3) is 7.28. The Morgan fingerprint density at radius 2 is 2.00 bits per heavy atom. The van der Waals surface area contributed by atoms with Crippen molar-refractivity contribution in [3.63, 3.8) is 0 Å². The number of carbonyl (C=O) groups excluding carboxylic acids is 2. The predicted octanol–water partition coefficient (Wildman–Crippen LogP) is 3.65. The van der Waals surface area contributed by atoms with E-state index in [0.29, 0.717) is 44.0 Å². The Balaban J connectivity index is 1.66. The zero-order chi connectivity index (χ0) is 23.6. The lowest BCUT2D eigenvalue weighted by Crippen LogP contribution is -2.44. The fourth-order valence-electron chi connectivity index (χ4n) is 3.66. The molecule has 1 saturated heterocycles.